The lowest BCUT2D eigenvalue weighted by Gasteiger charge is -2.25. The van der Waals surface area contributed by atoms with Gasteiger partial charge in [0.25, 0.3) is 0 Å². The second-order valence-electron chi connectivity index (χ2n) is 8.00. The summed E-state index contributed by atoms with van der Waals surface area (Å²) in [6.07, 6.45) is 3.39. The molecule has 7 nitrogen and oxygen atoms in total. The summed E-state index contributed by atoms with van der Waals surface area (Å²) in [6, 6.07) is 0.0609. The normalized spacial score (nSPS) is 20.4. The van der Waals surface area contributed by atoms with Gasteiger partial charge in [0.1, 0.15) is 11.3 Å². The van der Waals surface area contributed by atoms with E-state index in [1.165, 1.54) is 4.57 Å². The molecule has 29 heavy (non-hydrogen) atoms. The average Bonchev–Trinajstić information content (AvgIpc) is 3.42. The number of benzene rings is 1. The van der Waals surface area contributed by atoms with Crippen LogP contribution in [0.1, 0.15) is 42.6 Å². The molecular weight excluding hydrogens is 382 g/mol. The standard InChI is InChI=1S/C20H24F2N4O3/c1-9(24-2)10-5-6-25(7-10)18-14(21)16(23)13-17(15(18)22)26(11-3-4-11)8-12(19(13)27)20(28)29/h8-11,24H,3-7,23H2,1-2H3,(H,28,29)/t9-,10-/m1/s1. The van der Waals surface area contributed by atoms with Gasteiger partial charge >= 0.3 is 5.97 Å². The first-order valence-electron chi connectivity index (χ1n) is 9.77. The molecule has 4 rings (SSSR count). The third kappa shape index (κ3) is 3.04. The molecule has 2 heterocycles. The van der Waals surface area contributed by atoms with Crippen LogP contribution in [0.5, 0.6) is 0 Å². The van der Waals surface area contributed by atoms with Crippen LogP contribution in [0.2, 0.25) is 0 Å². The smallest absolute Gasteiger partial charge is 0.341 e. The van der Waals surface area contributed by atoms with Crippen molar-refractivity contribution in [3.05, 3.63) is 33.6 Å². The molecule has 1 aromatic heterocycles. The first-order valence-corrected chi connectivity index (χ1v) is 9.77. The highest BCUT2D eigenvalue weighted by Crippen LogP contribution is 2.42. The number of nitrogens with zero attached hydrogens (tertiary/aromatic N) is 2. The van der Waals surface area contributed by atoms with Crippen LogP contribution in [0.3, 0.4) is 0 Å². The number of carboxylic acid groups (broad SMARTS) is 1. The van der Waals surface area contributed by atoms with E-state index in [9.17, 15) is 14.7 Å². The molecule has 0 unspecified atom stereocenters. The van der Waals surface area contributed by atoms with Crippen molar-refractivity contribution in [3.63, 3.8) is 0 Å². The maximum atomic E-state index is 15.7. The summed E-state index contributed by atoms with van der Waals surface area (Å²) in [7, 11) is 1.84. The van der Waals surface area contributed by atoms with Crippen LogP contribution < -0.4 is 21.4 Å². The predicted molar refractivity (Wildman–Crippen MR) is 107 cm³/mol. The Kier molecular flexibility index (Phi) is 4.72. The maximum Gasteiger partial charge on any atom is 0.341 e. The van der Waals surface area contributed by atoms with Gasteiger partial charge in [-0.2, -0.15) is 0 Å². The highest BCUT2D eigenvalue weighted by Gasteiger charge is 2.35. The Hall–Kier alpha value is -2.68. The molecule has 0 bridgehead atoms. The van der Waals surface area contributed by atoms with Crippen molar-refractivity contribution in [2.24, 2.45) is 5.92 Å². The van der Waals surface area contributed by atoms with E-state index in [0.29, 0.717) is 13.1 Å². The van der Waals surface area contributed by atoms with Gasteiger partial charge in [0, 0.05) is 31.4 Å². The van der Waals surface area contributed by atoms with Crippen LogP contribution in [0.4, 0.5) is 20.2 Å². The number of aromatic carboxylic acids is 1. The molecular formula is C20H24F2N4O3. The number of carboxylic acids is 1. The quantitative estimate of drug-likeness (QED) is 0.659. The van der Waals surface area contributed by atoms with E-state index in [0.717, 1.165) is 25.5 Å². The van der Waals surface area contributed by atoms with Gasteiger partial charge in [0.2, 0.25) is 5.43 Å². The van der Waals surface area contributed by atoms with Crippen molar-refractivity contribution in [1.82, 2.24) is 9.88 Å². The molecule has 1 saturated carbocycles. The minimum Gasteiger partial charge on any atom is -0.477 e. The monoisotopic (exact) mass is 406 g/mol. The van der Waals surface area contributed by atoms with Gasteiger partial charge in [-0.05, 0) is 39.2 Å². The molecule has 4 N–H and O–H groups in total. The van der Waals surface area contributed by atoms with Gasteiger partial charge in [0.05, 0.1) is 16.6 Å². The van der Waals surface area contributed by atoms with Crippen LogP contribution in [0.15, 0.2) is 11.0 Å². The van der Waals surface area contributed by atoms with Gasteiger partial charge in [0.15, 0.2) is 11.6 Å². The molecule has 0 radical (unpaired) electrons. The Balaban J connectivity index is 1.95. The molecule has 2 aromatic rings. The summed E-state index contributed by atoms with van der Waals surface area (Å²) in [5.74, 6) is -3.09. The Labute approximate surface area is 166 Å². The SMILES string of the molecule is CN[C@H](C)[C@@H]1CCN(c2c(F)c(N)c3c(=O)c(C(=O)O)cn(C4CC4)c3c2F)C1. The molecule has 0 amide bonds. The van der Waals surface area contributed by atoms with Crippen molar-refractivity contribution in [3.8, 4) is 0 Å². The predicted octanol–water partition coefficient (Wildman–Crippen LogP) is 2.33. The molecule has 9 heteroatoms. The second-order valence-corrected chi connectivity index (χ2v) is 8.00. The largest absolute Gasteiger partial charge is 0.477 e. The van der Waals surface area contributed by atoms with Crippen molar-refractivity contribution in [2.75, 3.05) is 30.8 Å². The molecule has 1 aliphatic carbocycles. The van der Waals surface area contributed by atoms with E-state index >= 15 is 8.78 Å². The lowest BCUT2D eigenvalue weighted by Crippen LogP contribution is -2.33. The number of fused-ring (bicyclic) bond motifs is 1. The number of aromatic nitrogens is 1. The number of hydrogen-bond donors (Lipinski definition) is 3. The molecule has 1 saturated heterocycles. The molecule has 1 aromatic carbocycles. The van der Waals surface area contributed by atoms with Gasteiger partial charge in [-0.1, -0.05) is 0 Å². The molecule has 2 aliphatic rings. The number of anilines is 2. The van der Waals surface area contributed by atoms with Gasteiger partial charge in [-0.25, -0.2) is 13.6 Å². The van der Waals surface area contributed by atoms with E-state index < -0.39 is 39.7 Å². The summed E-state index contributed by atoms with van der Waals surface area (Å²) in [5, 5.41) is 12.1. The first-order chi connectivity index (χ1) is 13.8. The highest BCUT2D eigenvalue weighted by atomic mass is 19.1. The minimum atomic E-state index is -1.45. The summed E-state index contributed by atoms with van der Waals surface area (Å²) in [4.78, 5) is 25.8. The first kappa shape index (κ1) is 19.6. The van der Waals surface area contributed by atoms with Gasteiger partial charge in [-0.3, -0.25) is 4.79 Å². The number of pyridine rings is 1. The number of nitrogens with one attached hydrogen (secondary N) is 1. The van der Waals surface area contributed by atoms with Gasteiger partial charge < -0.3 is 25.6 Å². The lowest BCUT2D eigenvalue weighted by atomic mass is 10.0. The molecule has 2 fully saturated rings. The number of nitrogens with two attached hydrogens (primary N) is 1. The van der Waals surface area contributed by atoms with E-state index in [1.807, 2.05) is 14.0 Å². The molecule has 1 aliphatic heterocycles. The lowest BCUT2D eigenvalue weighted by molar-refractivity contribution is 0.0695. The Bertz CT molecular complexity index is 1060. The van der Waals surface area contributed by atoms with Crippen LogP contribution in [-0.4, -0.2) is 41.8 Å². The van der Waals surface area contributed by atoms with E-state index in [4.69, 9.17) is 5.73 Å². The maximum absolute atomic E-state index is 15.7. The number of rotatable bonds is 5. The Morgan fingerprint density at radius 2 is 2.00 bits per heavy atom. The Morgan fingerprint density at radius 3 is 2.59 bits per heavy atom. The van der Waals surface area contributed by atoms with Crippen LogP contribution in [0, 0.1) is 17.6 Å². The van der Waals surface area contributed by atoms with E-state index in [1.54, 1.807) is 4.90 Å². The highest BCUT2D eigenvalue weighted by molar-refractivity contribution is 5.99. The molecule has 156 valence electrons. The van der Waals surface area contributed by atoms with Crippen LogP contribution >= 0.6 is 0 Å². The summed E-state index contributed by atoms with van der Waals surface area (Å²) >= 11 is 0. The number of halogens is 2. The zero-order chi connectivity index (χ0) is 21.0. The average molecular weight is 406 g/mol. The van der Waals surface area contributed by atoms with Crippen LogP contribution in [-0.2, 0) is 0 Å². The number of hydrogen-bond acceptors (Lipinski definition) is 5. The zero-order valence-electron chi connectivity index (χ0n) is 16.3. The van der Waals surface area contributed by atoms with Crippen molar-refractivity contribution >= 4 is 28.2 Å². The fraction of sp³-hybridized carbons (Fsp3) is 0.500. The number of carbonyl (C=O) groups is 1. The molecule has 0 spiro atoms. The van der Waals surface area contributed by atoms with Crippen molar-refractivity contribution in [1.29, 1.82) is 0 Å². The van der Waals surface area contributed by atoms with Crippen LogP contribution in [0.25, 0.3) is 10.9 Å². The van der Waals surface area contributed by atoms with Crippen molar-refractivity contribution in [2.45, 2.75) is 38.3 Å². The van der Waals surface area contributed by atoms with E-state index in [2.05, 4.69) is 5.32 Å². The summed E-state index contributed by atoms with van der Waals surface area (Å²) in [5.41, 5.74) is 3.61. The topological polar surface area (TPSA) is 101 Å². The Morgan fingerprint density at radius 1 is 1.31 bits per heavy atom. The summed E-state index contributed by atoms with van der Waals surface area (Å²) in [6.45, 7) is 2.95. The third-order valence-electron chi connectivity index (χ3n) is 6.24. The fourth-order valence-corrected chi connectivity index (χ4v) is 4.26. The van der Waals surface area contributed by atoms with E-state index in [-0.39, 0.29) is 29.2 Å². The zero-order valence-corrected chi connectivity index (χ0v) is 16.3. The third-order valence-corrected chi connectivity index (χ3v) is 6.24. The minimum absolute atomic E-state index is 0.110. The van der Waals surface area contributed by atoms with Crippen molar-refractivity contribution < 1.29 is 18.7 Å². The fourth-order valence-electron chi connectivity index (χ4n) is 4.26. The number of nitrogen functional groups attached to an aromatic ring is 1. The molecule has 2 atom stereocenters. The van der Waals surface area contributed by atoms with Gasteiger partial charge in [-0.15, -0.1) is 0 Å². The second kappa shape index (κ2) is 6.98. The summed E-state index contributed by atoms with van der Waals surface area (Å²) < 4.78 is 32.3.